The molecule has 1 saturated carbocycles. The van der Waals surface area contributed by atoms with Gasteiger partial charge in [-0.1, -0.05) is 41.7 Å². The van der Waals surface area contributed by atoms with E-state index < -0.39 is 5.97 Å². The summed E-state index contributed by atoms with van der Waals surface area (Å²) in [5.74, 6) is 5.82. The van der Waals surface area contributed by atoms with Crippen LogP contribution in [0.2, 0.25) is 0 Å². The van der Waals surface area contributed by atoms with Crippen molar-refractivity contribution < 1.29 is 9.90 Å². The normalized spacial score (nSPS) is 19.1. The van der Waals surface area contributed by atoms with Crippen molar-refractivity contribution in [3.8, 4) is 11.8 Å². The number of aryl methyl sites for hydroxylation is 1. The first-order valence-corrected chi connectivity index (χ1v) is 7.52. The Balaban J connectivity index is 1.63. The van der Waals surface area contributed by atoms with Crippen molar-refractivity contribution in [1.82, 2.24) is 0 Å². The lowest BCUT2D eigenvalue weighted by atomic mass is 10.1. The molecule has 0 saturated heterocycles. The van der Waals surface area contributed by atoms with Gasteiger partial charge < -0.3 is 5.11 Å². The number of hydrogen-bond acceptors (Lipinski definition) is 1. The molecule has 2 aromatic carbocycles. The molecule has 3 rings (SSSR count). The van der Waals surface area contributed by atoms with E-state index in [9.17, 15) is 4.79 Å². The first kappa shape index (κ1) is 14.4. The van der Waals surface area contributed by atoms with Gasteiger partial charge >= 0.3 is 5.97 Å². The van der Waals surface area contributed by atoms with E-state index in [1.807, 2.05) is 24.3 Å². The van der Waals surface area contributed by atoms with E-state index in [0.29, 0.717) is 5.92 Å². The fourth-order valence-electron chi connectivity index (χ4n) is 2.58. The van der Waals surface area contributed by atoms with Gasteiger partial charge in [0.1, 0.15) is 0 Å². The first-order chi connectivity index (χ1) is 10.6. The molecule has 0 aromatic heterocycles. The second-order valence-corrected chi connectivity index (χ2v) is 5.96. The highest BCUT2D eigenvalue weighted by atomic mass is 16.4. The zero-order chi connectivity index (χ0) is 15.5. The van der Waals surface area contributed by atoms with Crippen LogP contribution in [0.1, 0.15) is 28.7 Å². The quantitative estimate of drug-likeness (QED) is 0.876. The third-order valence-electron chi connectivity index (χ3n) is 4.09. The second-order valence-electron chi connectivity index (χ2n) is 5.96. The third-order valence-corrected chi connectivity index (χ3v) is 4.09. The van der Waals surface area contributed by atoms with Crippen LogP contribution in [0.5, 0.6) is 0 Å². The van der Waals surface area contributed by atoms with Gasteiger partial charge in [0, 0.05) is 11.1 Å². The molecule has 1 aliphatic rings. The zero-order valence-corrected chi connectivity index (χ0v) is 12.5. The minimum absolute atomic E-state index is 0.138. The number of aliphatic carboxylic acids is 1. The van der Waals surface area contributed by atoms with Gasteiger partial charge in [-0.15, -0.1) is 0 Å². The van der Waals surface area contributed by atoms with E-state index in [2.05, 4.69) is 43.0 Å². The van der Waals surface area contributed by atoms with Crippen LogP contribution in [0.4, 0.5) is 0 Å². The summed E-state index contributed by atoms with van der Waals surface area (Å²) >= 11 is 0. The van der Waals surface area contributed by atoms with Gasteiger partial charge in [0.05, 0.1) is 5.92 Å². The van der Waals surface area contributed by atoms with E-state index in [0.717, 1.165) is 24.0 Å². The average Bonchev–Trinajstić information content (AvgIpc) is 3.28. The molecule has 110 valence electrons. The number of rotatable bonds is 3. The lowest BCUT2D eigenvalue weighted by molar-refractivity contribution is -0.138. The molecule has 2 atom stereocenters. The minimum atomic E-state index is -0.661. The summed E-state index contributed by atoms with van der Waals surface area (Å²) in [6, 6.07) is 16.3. The fraction of sp³-hybridized carbons (Fsp3) is 0.250. The van der Waals surface area contributed by atoms with Crippen LogP contribution in [0.3, 0.4) is 0 Å². The molecular formula is C20H18O2. The van der Waals surface area contributed by atoms with Crippen molar-refractivity contribution in [2.45, 2.75) is 19.8 Å². The maximum atomic E-state index is 10.8. The molecule has 2 aromatic rings. The molecule has 2 unspecified atom stereocenters. The Morgan fingerprint density at radius 3 is 2.09 bits per heavy atom. The molecule has 0 amide bonds. The van der Waals surface area contributed by atoms with Crippen LogP contribution in [-0.4, -0.2) is 11.1 Å². The van der Waals surface area contributed by atoms with Crippen molar-refractivity contribution in [3.05, 3.63) is 70.8 Å². The smallest absolute Gasteiger partial charge is 0.306 e. The van der Waals surface area contributed by atoms with Crippen LogP contribution >= 0.6 is 0 Å². The first-order valence-electron chi connectivity index (χ1n) is 7.52. The van der Waals surface area contributed by atoms with Crippen LogP contribution in [0, 0.1) is 30.6 Å². The standard InChI is InChI=1S/C20H18O2/c1-14-2-4-15(5-3-14)6-7-16-8-10-17(11-9-16)12-18-13-19(18)20(21)22/h2-5,8-11,18-19H,12-13H2,1H3,(H,21,22). The van der Waals surface area contributed by atoms with Crippen molar-refractivity contribution in [1.29, 1.82) is 0 Å². The number of benzene rings is 2. The van der Waals surface area contributed by atoms with Crippen LogP contribution in [0.15, 0.2) is 48.5 Å². The maximum absolute atomic E-state index is 10.8. The predicted octanol–water partition coefficient (Wildman–Crippen LogP) is 3.66. The summed E-state index contributed by atoms with van der Waals surface area (Å²) in [6.07, 6.45) is 1.66. The second kappa shape index (κ2) is 6.07. The molecule has 0 bridgehead atoms. The Hall–Kier alpha value is -2.53. The van der Waals surface area contributed by atoms with Gasteiger partial charge in [0.15, 0.2) is 0 Å². The largest absolute Gasteiger partial charge is 0.481 e. The Morgan fingerprint density at radius 2 is 1.59 bits per heavy atom. The third kappa shape index (κ3) is 3.56. The molecule has 0 radical (unpaired) electrons. The van der Waals surface area contributed by atoms with Gasteiger partial charge in [-0.05, 0) is 55.5 Å². The van der Waals surface area contributed by atoms with Gasteiger partial charge in [-0.25, -0.2) is 0 Å². The minimum Gasteiger partial charge on any atom is -0.481 e. The summed E-state index contributed by atoms with van der Waals surface area (Å²) in [5.41, 5.74) is 4.41. The Labute approximate surface area is 130 Å². The predicted molar refractivity (Wildman–Crippen MR) is 86.5 cm³/mol. The van der Waals surface area contributed by atoms with Crippen LogP contribution < -0.4 is 0 Å². The number of carboxylic acid groups (broad SMARTS) is 1. The molecule has 2 heteroatoms. The zero-order valence-electron chi connectivity index (χ0n) is 12.5. The Bertz CT molecular complexity index is 730. The lowest BCUT2D eigenvalue weighted by Crippen LogP contribution is -2.01. The molecule has 1 N–H and O–H groups in total. The van der Waals surface area contributed by atoms with Crippen molar-refractivity contribution in [2.24, 2.45) is 11.8 Å². The summed E-state index contributed by atoms with van der Waals surface area (Å²) in [4.78, 5) is 10.8. The summed E-state index contributed by atoms with van der Waals surface area (Å²) < 4.78 is 0. The van der Waals surface area contributed by atoms with Gasteiger partial charge in [0.2, 0.25) is 0 Å². The summed E-state index contributed by atoms with van der Waals surface area (Å²) in [5, 5.41) is 8.92. The molecule has 2 nitrogen and oxygen atoms in total. The molecule has 0 heterocycles. The van der Waals surface area contributed by atoms with Crippen LogP contribution in [-0.2, 0) is 11.2 Å². The topological polar surface area (TPSA) is 37.3 Å². The summed E-state index contributed by atoms with van der Waals surface area (Å²) in [6.45, 7) is 2.06. The number of hydrogen-bond donors (Lipinski definition) is 1. The van der Waals surface area contributed by atoms with Crippen molar-refractivity contribution in [3.63, 3.8) is 0 Å². The monoisotopic (exact) mass is 290 g/mol. The van der Waals surface area contributed by atoms with Gasteiger partial charge in [0.25, 0.3) is 0 Å². The van der Waals surface area contributed by atoms with E-state index in [1.165, 1.54) is 11.1 Å². The maximum Gasteiger partial charge on any atom is 0.306 e. The molecular weight excluding hydrogens is 272 g/mol. The molecule has 1 aliphatic carbocycles. The molecule has 1 fully saturated rings. The SMILES string of the molecule is Cc1ccc(C#Cc2ccc(CC3CC3C(=O)O)cc2)cc1. The van der Waals surface area contributed by atoms with Crippen LogP contribution in [0.25, 0.3) is 0 Å². The van der Waals surface area contributed by atoms with E-state index >= 15 is 0 Å². The van der Waals surface area contributed by atoms with Crippen molar-refractivity contribution in [2.75, 3.05) is 0 Å². The fourth-order valence-corrected chi connectivity index (χ4v) is 2.58. The average molecular weight is 290 g/mol. The number of carbonyl (C=O) groups is 1. The lowest BCUT2D eigenvalue weighted by Gasteiger charge is -2.00. The molecule has 22 heavy (non-hydrogen) atoms. The van der Waals surface area contributed by atoms with Gasteiger partial charge in [-0.2, -0.15) is 0 Å². The Morgan fingerprint density at radius 1 is 1.05 bits per heavy atom. The number of carboxylic acids is 1. The van der Waals surface area contributed by atoms with E-state index in [1.54, 1.807) is 0 Å². The molecule has 0 spiro atoms. The van der Waals surface area contributed by atoms with E-state index in [-0.39, 0.29) is 5.92 Å². The van der Waals surface area contributed by atoms with E-state index in [4.69, 9.17) is 5.11 Å². The Kier molecular flexibility index (Phi) is 3.98. The molecule has 0 aliphatic heterocycles. The highest BCUT2D eigenvalue weighted by Gasteiger charge is 2.42. The summed E-state index contributed by atoms with van der Waals surface area (Å²) in [7, 11) is 0. The highest BCUT2D eigenvalue weighted by molar-refractivity contribution is 5.73. The van der Waals surface area contributed by atoms with Crippen molar-refractivity contribution >= 4 is 5.97 Å². The van der Waals surface area contributed by atoms with Gasteiger partial charge in [-0.3, -0.25) is 4.79 Å². The highest BCUT2D eigenvalue weighted by Crippen LogP contribution is 2.41.